The van der Waals surface area contributed by atoms with Gasteiger partial charge < -0.3 is 10.5 Å². The van der Waals surface area contributed by atoms with Crippen molar-refractivity contribution >= 4 is 21.6 Å². The molecule has 0 saturated carbocycles. The third kappa shape index (κ3) is 3.00. The first-order valence-corrected chi connectivity index (χ1v) is 6.12. The minimum Gasteiger partial charge on any atom is -0.488 e. The summed E-state index contributed by atoms with van der Waals surface area (Å²) in [6.45, 7) is 3.25. The number of hydrogen-bond donors (Lipinski definition) is 1. The fourth-order valence-corrected chi connectivity index (χ4v) is 2.00. The first-order chi connectivity index (χ1) is 8.16. The van der Waals surface area contributed by atoms with Crippen molar-refractivity contribution < 1.29 is 4.74 Å². The van der Waals surface area contributed by atoms with E-state index < -0.39 is 0 Å². The van der Waals surface area contributed by atoms with Crippen LogP contribution in [0.2, 0.25) is 0 Å². The Bertz CT molecular complexity index is 490. The van der Waals surface area contributed by atoms with Crippen LogP contribution < -0.4 is 10.5 Å². The van der Waals surface area contributed by atoms with Gasteiger partial charge in [-0.3, -0.25) is 4.68 Å². The van der Waals surface area contributed by atoms with Gasteiger partial charge in [0.15, 0.2) is 5.75 Å². The lowest BCUT2D eigenvalue weighted by atomic mass is 10.3. The lowest BCUT2D eigenvalue weighted by Crippen LogP contribution is -2.09. The molecule has 2 N–H and O–H groups in total. The van der Waals surface area contributed by atoms with Crippen LogP contribution >= 0.6 is 15.9 Å². The molecule has 1 heterocycles. The molecular weight excluding hydrogens is 282 g/mol. The number of halogens is 1. The summed E-state index contributed by atoms with van der Waals surface area (Å²) in [5, 5.41) is 4.19. The Kier molecular flexibility index (Phi) is 3.68. The van der Waals surface area contributed by atoms with E-state index in [9.17, 15) is 0 Å². The zero-order valence-electron chi connectivity index (χ0n) is 9.56. The molecule has 4 nitrogen and oxygen atoms in total. The summed E-state index contributed by atoms with van der Waals surface area (Å²) < 4.78 is 8.37. The first-order valence-electron chi connectivity index (χ1n) is 5.32. The smallest absolute Gasteiger partial charge is 0.156 e. The molecular formula is C12H14BrN3O. The van der Waals surface area contributed by atoms with Gasteiger partial charge in [-0.2, -0.15) is 5.10 Å². The monoisotopic (exact) mass is 295 g/mol. The van der Waals surface area contributed by atoms with Crippen molar-refractivity contribution in [3.05, 3.63) is 40.6 Å². The van der Waals surface area contributed by atoms with Crippen LogP contribution in [0.15, 0.2) is 35.1 Å². The number of nitrogens with zero attached hydrogens (tertiary/aromatic N) is 2. The summed E-state index contributed by atoms with van der Waals surface area (Å²) in [5.74, 6) is 0.691. The van der Waals surface area contributed by atoms with Crippen LogP contribution in [0.1, 0.15) is 5.56 Å². The minimum absolute atomic E-state index is 0.536. The molecule has 2 rings (SSSR count). The molecule has 0 aliphatic heterocycles. The molecule has 1 aromatic carbocycles. The fourth-order valence-electron chi connectivity index (χ4n) is 1.51. The number of benzene rings is 1. The number of nitrogen functional groups attached to an aromatic ring is 1. The van der Waals surface area contributed by atoms with Crippen molar-refractivity contribution in [3.8, 4) is 5.75 Å². The van der Waals surface area contributed by atoms with E-state index >= 15 is 0 Å². The van der Waals surface area contributed by atoms with Crippen LogP contribution in [0.25, 0.3) is 0 Å². The molecule has 90 valence electrons. The Morgan fingerprint density at radius 1 is 1.47 bits per heavy atom. The van der Waals surface area contributed by atoms with Crippen molar-refractivity contribution in [2.75, 3.05) is 12.3 Å². The molecule has 0 amide bonds. The molecule has 0 radical (unpaired) electrons. The van der Waals surface area contributed by atoms with Crippen LogP contribution in [-0.4, -0.2) is 16.4 Å². The second-order valence-electron chi connectivity index (χ2n) is 3.79. The Morgan fingerprint density at radius 3 is 2.94 bits per heavy atom. The average molecular weight is 296 g/mol. The molecule has 0 aliphatic carbocycles. The number of anilines is 1. The lowest BCUT2D eigenvalue weighted by Gasteiger charge is -2.10. The Balaban J connectivity index is 1.94. The van der Waals surface area contributed by atoms with Gasteiger partial charge in [-0.25, -0.2) is 0 Å². The van der Waals surface area contributed by atoms with Crippen molar-refractivity contribution in [1.29, 1.82) is 0 Å². The third-order valence-corrected chi connectivity index (χ3v) is 2.95. The molecule has 2 aromatic rings. The maximum atomic E-state index is 5.83. The zero-order valence-corrected chi connectivity index (χ0v) is 11.1. The third-order valence-electron chi connectivity index (χ3n) is 2.33. The maximum Gasteiger partial charge on any atom is 0.156 e. The molecule has 0 unspecified atom stereocenters. The standard InChI is InChI=1S/C12H14BrN3O/c1-9-7-15-16(8-9)5-6-17-12-10(13)3-2-4-11(12)14/h2-4,7-8H,5-6,14H2,1H3. The molecule has 0 spiro atoms. The molecule has 17 heavy (non-hydrogen) atoms. The Morgan fingerprint density at radius 2 is 2.29 bits per heavy atom. The van der Waals surface area contributed by atoms with E-state index in [-0.39, 0.29) is 0 Å². The predicted molar refractivity (Wildman–Crippen MR) is 71.0 cm³/mol. The van der Waals surface area contributed by atoms with Crippen molar-refractivity contribution in [2.45, 2.75) is 13.5 Å². The Labute approximate surface area is 109 Å². The summed E-state index contributed by atoms with van der Waals surface area (Å²) >= 11 is 3.41. The number of ether oxygens (including phenoxy) is 1. The average Bonchev–Trinajstić information content (AvgIpc) is 2.69. The molecule has 0 bridgehead atoms. The molecule has 0 atom stereocenters. The van der Waals surface area contributed by atoms with Crippen LogP contribution in [0.3, 0.4) is 0 Å². The van der Waals surface area contributed by atoms with Gasteiger partial charge >= 0.3 is 0 Å². The fraction of sp³-hybridized carbons (Fsp3) is 0.250. The number of hydrogen-bond acceptors (Lipinski definition) is 3. The van der Waals surface area contributed by atoms with Gasteiger partial charge in [-0.05, 0) is 40.5 Å². The highest BCUT2D eigenvalue weighted by atomic mass is 79.9. The van der Waals surface area contributed by atoms with Gasteiger partial charge in [0.2, 0.25) is 0 Å². The highest BCUT2D eigenvalue weighted by molar-refractivity contribution is 9.10. The second-order valence-corrected chi connectivity index (χ2v) is 4.64. The van der Waals surface area contributed by atoms with Gasteiger partial charge in [0.05, 0.1) is 22.9 Å². The number of rotatable bonds is 4. The van der Waals surface area contributed by atoms with Crippen molar-refractivity contribution in [3.63, 3.8) is 0 Å². The molecule has 0 saturated heterocycles. The van der Waals surface area contributed by atoms with Crippen molar-refractivity contribution in [1.82, 2.24) is 9.78 Å². The molecule has 0 fully saturated rings. The van der Waals surface area contributed by atoms with Gasteiger partial charge in [-0.1, -0.05) is 6.07 Å². The second kappa shape index (κ2) is 5.23. The van der Waals surface area contributed by atoms with Crippen molar-refractivity contribution in [2.24, 2.45) is 0 Å². The molecule has 1 aromatic heterocycles. The highest BCUT2D eigenvalue weighted by Gasteiger charge is 2.05. The highest BCUT2D eigenvalue weighted by Crippen LogP contribution is 2.30. The largest absolute Gasteiger partial charge is 0.488 e. The SMILES string of the molecule is Cc1cnn(CCOc2c(N)cccc2Br)c1. The first kappa shape index (κ1) is 12.0. The quantitative estimate of drug-likeness (QED) is 0.882. The van der Waals surface area contributed by atoms with Gasteiger partial charge in [0, 0.05) is 6.20 Å². The van der Waals surface area contributed by atoms with Gasteiger partial charge in [-0.15, -0.1) is 0 Å². The van der Waals surface area contributed by atoms with E-state index in [1.807, 2.05) is 42.2 Å². The summed E-state index contributed by atoms with van der Waals surface area (Å²) in [5.41, 5.74) is 7.61. The number of aryl methyl sites for hydroxylation is 1. The van der Waals surface area contributed by atoms with Crippen LogP contribution in [0, 0.1) is 6.92 Å². The van der Waals surface area contributed by atoms with E-state index in [2.05, 4.69) is 21.0 Å². The summed E-state index contributed by atoms with van der Waals surface area (Å²) in [6, 6.07) is 5.60. The predicted octanol–water partition coefficient (Wildman–Crippen LogP) is 2.62. The van der Waals surface area contributed by atoms with E-state index in [0.717, 1.165) is 10.0 Å². The summed E-state index contributed by atoms with van der Waals surface area (Å²) in [4.78, 5) is 0. The number of para-hydroxylation sites is 1. The van der Waals surface area contributed by atoms with E-state index in [1.54, 1.807) is 0 Å². The summed E-state index contributed by atoms with van der Waals surface area (Å²) in [7, 11) is 0. The summed E-state index contributed by atoms with van der Waals surface area (Å²) in [6.07, 6.45) is 3.81. The maximum absolute atomic E-state index is 5.83. The normalized spacial score (nSPS) is 10.5. The van der Waals surface area contributed by atoms with Gasteiger partial charge in [0.1, 0.15) is 6.61 Å². The lowest BCUT2D eigenvalue weighted by molar-refractivity contribution is 0.291. The Hall–Kier alpha value is -1.49. The topological polar surface area (TPSA) is 53.1 Å². The van der Waals surface area contributed by atoms with Gasteiger partial charge in [0.25, 0.3) is 0 Å². The van der Waals surface area contributed by atoms with E-state index in [4.69, 9.17) is 10.5 Å². The van der Waals surface area contributed by atoms with Crippen LogP contribution in [0.4, 0.5) is 5.69 Å². The van der Waals surface area contributed by atoms with Crippen LogP contribution in [0.5, 0.6) is 5.75 Å². The number of nitrogens with two attached hydrogens (primary N) is 1. The van der Waals surface area contributed by atoms with E-state index in [0.29, 0.717) is 24.6 Å². The number of aromatic nitrogens is 2. The minimum atomic E-state index is 0.536. The van der Waals surface area contributed by atoms with E-state index in [1.165, 1.54) is 0 Å². The molecule has 5 heteroatoms. The molecule has 0 aliphatic rings. The van der Waals surface area contributed by atoms with Crippen LogP contribution in [-0.2, 0) is 6.54 Å². The zero-order chi connectivity index (χ0) is 12.3.